The molecule has 0 amide bonds. The van der Waals surface area contributed by atoms with E-state index in [1.807, 2.05) is 23.6 Å². The molecule has 0 aliphatic carbocycles. The number of phenolic OH excluding ortho intramolecular Hbond substituents is 2. The second kappa shape index (κ2) is 9.81. The van der Waals surface area contributed by atoms with E-state index >= 15 is 0 Å². The molecule has 148 valence electrons. The van der Waals surface area contributed by atoms with Gasteiger partial charge < -0.3 is 29.9 Å². The molecule has 2 atom stereocenters. The van der Waals surface area contributed by atoms with Gasteiger partial charge in [0.05, 0.1) is 11.8 Å². The summed E-state index contributed by atoms with van der Waals surface area (Å²) in [5.74, 6) is 0.203. The first-order chi connectivity index (χ1) is 13.6. The van der Waals surface area contributed by atoms with E-state index in [1.54, 1.807) is 35.6 Å². The van der Waals surface area contributed by atoms with Crippen molar-refractivity contribution in [1.29, 1.82) is 0 Å². The Balaban J connectivity index is 1.72. The van der Waals surface area contributed by atoms with Crippen LogP contribution in [0.15, 0.2) is 60.0 Å². The van der Waals surface area contributed by atoms with Crippen molar-refractivity contribution in [3.05, 3.63) is 76.0 Å². The van der Waals surface area contributed by atoms with E-state index in [2.05, 4.69) is 16.1 Å². The fraction of sp³-hybridized carbons (Fsp3) is 0.200. The minimum Gasteiger partial charge on any atom is -0.508 e. The minimum absolute atomic E-state index is 0.00914. The number of hydrogen-bond donors (Lipinski definition) is 6. The van der Waals surface area contributed by atoms with Gasteiger partial charge in [0, 0.05) is 23.9 Å². The fourth-order valence-corrected chi connectivity index (χ4v) is 3.92. The largest absolute Gasteiger partial charge is 0.508 e. The van der Waals surface area contributed by atoms with Crippen molar-refractivity contribution in [2.24, 2.45) is 0 Å². The molecule has 0 bridgehead atoms. The number of thiophene rings is 1. The molecule has 6 N–H and O–H groups in total. The van der Waals surface area contributed by atoms with Crippen LogP contribution in [0.2, 0.25) is 0 Å². The molecule has 0 aliphatic heterocycles. The van der Waals surface area contributed by atoms with Gasteiger partial charge in [-0.25, -0.2) is 0 Å². The highest BCUT2D eigenvalue weighted by atomic mass is 32.2. The lowest BCUT2D eigenvalue weighted by Gasteiger charge is -2.21. The molecule has 0 aliphatic rings. The molecular weight excluding hydrogens is 396 g/mol. The number of rotatable bonds is 9. The second-order valence-corrected chi connectivity index (χ2v) is 7.74. The Morgan fingerprint density at radius 3 is 2.43 bits per heavy atom. The Labute approximate surface area is 171 Å². The summed E-state index contributed by atoms with van der Waals surface area (Å²) in [6.45, 7) is 0.299. The molecule has 1 heterocycles. The average molecular weight is 419 g/mol. The molecule has 6 nitrogen and oxygen atoms in total. The Kier molecular flexibility index (Phi) is 7.18. The van der Waals surface area contributed by atoms with E-state index in [0.717, 1.165) is 12.0 Å². The zero-order valence-corrected chi connectivity index (χ0v) is 16.6. The van der Waals surface area contributed by atoms with Crippen molar-refractivity contribution in [1.82, 2.24) is 5.32 Å². The van der Waals surface area contributed by atoms with Crippen molar-refractivity contribution in [2.75, 3.05) is 11.3 Å². The number of nitrogens with one attached hydrogen (secondary N) is 2. The van der Waals surface area contributed by atoms with Gasteiger partial charge in [-0.1, -0.05) is 24.3 Å². The Morgan fingerprint density at radius 2 is 1.75 bits per heavy atom. The number of anilines is 1. The lowest BCUT2D eigenvalue weighted by atomic mass is 10.0. The molecule has 2 aromatic carbocycles. The SMILES string of the molecule is OSNc1cc([C@@H](O)CNC(Cc2cccs2)c2ccc(O)cc2)ccc1O. The van der Waals surface area contributed by atoms with E-state index in [-0.39, 0.29) is 17.5 Å². The topological polar surface area (TPSA) is 105 Å². The summed E-state index contributed by atoms with van der Waals surface area (Å²) in [6, 6.07) is 15.8. The summed E-state index contributed by atoms with van der Waals surface area (Å²) in [4.78, 5) is 1.22. The molecular formula is C20H22N2O4S2. The van der Waals surface area contributed by atoms with E-state index in [9.17, 15) is 15.3 Å². The fourth-order valence-electron chi connectivity index (χ4n) is 2.91. The second-order valence-electron chi connectivity index (χ2n) is 6.32. The lowest BCUT2D eigenvalue weighted by molar-refractivity contribution is 0.169. The Hall–Kier alpha value is -2.23. The number of hydrogen-bond acceptors (Lipinski definition) is 8. The van der Waals surface area contributed by atoms with E-state index in [0.29, 0.717) is 30.0 Å². The highest BCUT2D eigenvalue weighted by molar-refractivity contribution is 7.95. The quantitative estimate of drug-likeness (QED) is 0.175. The summed E-state index contributed by atoms with van der Waals surface area (Å²) in [5, 5.41) is 35.3. The maximum Gasteiger partial charge on any atom is 0.139 e. The Morgan fingerprint density at radius 1 is 1.00 bits per heavy atom. The smallest absolute Gasteiger partial charge is 0.139 e. The van der Waals surface area contributed by atoms with Gasteiger partial charge >= 0.3 is 0 Å². The first-order valence-electron chi connectivity index (χ1n) is 8.69. The third kappa shape index (κ3) is 5.40. The number of aromatic hydroxyl groups is 2. The third-order valence-corrected chi connectivity index (χ3v) is 5.61. The summed E-state index contributed by atoms with van der Waals surface area (Å²) in [6.07, 6.45) is -0.0357. The van der Waals surface area contributed by atoms with Gasteiger partial charge in [-0.3, -0.25) is 0 Å². The Bertz CT molecular complexity index is 872. The monoisotopic (exact) mass is 418 g/mol. The standard InChI is InChI=1S/C20H22N2O4S2/c23-15-6-3-13(4-7-15)17(11-16-2-1-9-27-16)21-12-20(25)14-5-8-19(24)18(10-14)22-28-26/h1-10,17,20-26H,11-12H2/t17?,20-/m0/s1. The van der Waals surface area contributed by atoms with Crippen LogP contribution in [-0.2, 0) is 6.42 Å². The van der Waals surface area contributed by atoms with Crippen molar-refractivity contribution >= 4 is 29.3 Å². The first kappa shape index (κ1) is 20.5. The molecule has 0 saturated carbocycles. The molecule has 0 spiro atoms. The van der Waals surface area contributed by atoms with Crippen LogP contribution >= 0.6 is 23.6 Å². The zero-order chi connectivity index (χ0) is 19.9. The highest BCUT2D eigenvalue weighted by Gasteiger charge is 2.17. The van der Waals surface area contributed by atoms with Crippen molar-refractivity contribution < 1.29 is 19.9 Å². The number of phenols is 2. The highest BCUT2D eigenvalue weighted by Crippen LogP contribution is 2.29. The molecule has 28 heavy (non-hydrogen) atoms. The summed E-state index contributed by atoms with van der Waals surface area (Å²) < 4.78 is 11.5. The van der Waals surface area contributed by atoms with Crippen LogP contribution in [0, 0.1) is 0 Å². The van der Waals surface area contributed by atoms with Gasteiger partial charge in [-0.15, -0.1) is 11.3 Å². The molecule has 1 aromatic heterocycles. The summed E-state index contributed by atoms with van der Waals surface area (Å²) in [7, 11) is 0. The van der Waals surface area contributed by atoms with E-state index in [1.165, 1.54) is 10.9 Å². The maximum absolute atomic E-state index is 10.6. The molecule has 0 radical (unpaired) electrons. The van der Waals surface area contributed by atoms with Gasteiger partial charge in [0.2, 0.25) is 0 Å². The van der Waals surface area contributed by atoms with Crippen LogP contribution in [0.1, 0.15) is 28.1 Å². The van der Waals surface area contributed by atoms with Crippen LogP contribution in [0.4, 0.5) is 5.69 Å². The van der Waals surface area contributed by atoms with Crippen LogP contribution in [-0.4, -0.2) is 26.4 Å². The molecule has 1 unspecified atom stereocenters. The minimum atomic E-state index is -0.798. The van der Waals surface area contributed by atoms with Crippen molar-refractivity contribution in [2.45, 2.75) is 18.6 Å². The van der Waals surface area contributed by atoms with Gasteiger partial charge in [0.1, 0.15) is 23.7 Å². The van der Waals surface area contributed by atoms with Gasteiger partial charge in [0.15, 0.2) is 0 Å². The predicted octanol–water partition coefficient (Wildman–Crippen LogP) is 4.30. The molecule has 0 fully saturated rings. The summed E-state index contributed by atoms with van der Waals surface area (Å²) >= 11 is 2.06. The molecule has 0 saturated heterocycles. The van der Waals surface area contributed by atoms with Crippen molar-refractivity contribution in [3.63, 3.8) is 0 Å². The normalized spacial score (nSPS) is 13.2. The molecule has 3 aromatic rings. The molecule has 3 rings (SSSR count). The van der Waals surface area contributed by atoms with Crippen LogP contribution in [0.3, 0.4) is 0 Å². The first-order valence-corrected chi connectivity index (χ1v) is 10.3. The molecule has 8 heteroatoms. The van der Waals surface area contributed by atoms with E-state index in [4.69, 9.17) is 4.55 Å². The van der Waals surface area contributed by atoms with E-state index < -0.39 is 6.10 Å². The van der Waals surface area contributed by atoms with Crippen LogP contribution in [0.5, 0.6) is 11.5 Å². The zero-order valence-electron chi connectivity index (χ0n) is 14.9. The summed E-state index contributed by atoms with van der Waals surface area (Å²) in [5.41, 5.74) is 1.96. The predicted molar refractivity (Wildman–Crippen MR) is 114 cm³/mol. The third-order valence-electron chi connectivity index (χ3n) is 4.40. The number of benzene rings is 2. The lowest BCUT2D eigenvalue weighted by Crippen LogP contribution is -2.28. The van der Waals surface area contributed by atoms with Gasteiger partial charge in [-0.05, 0) is 46.8 Å². The number of aliphatic hydroxyl groups excluding tert-OH is 1. The van der Waals surface area contributed by atoms with Gasteiger partial charge in [-0.2, -0.15) is 0 Å². The average Bonchev–Trinajstić information content (AvgIpc) is 3.20. The number of aliphatic hydroxyl groups is 1. The van der Waals surface area contributed by atoms with Crippen molar-refractivity contribution in [3.8, 4) is 11.5 Å². The van der Waals surface area contributed by atoms with Crippen LogP contribution < -0.4 is 10.0 Å². The maximum atomic E-state index is 10.6. The van der Waals surface area contributed by atoms with Crippen LogP contribution in [0.25, 0.3) is 0 Å². The van der Waals surface area contributed by atoms with Gasteiger partial charge in [0.25, 0.3) is 0 Å².